The fourth-order valence-corrected chi connectivity index (χ4v) is 1.65. The first-order valence-corrected chi connectivity index (χ1v) is 5.45. The molecule has 0 aromatic carbocycles. The van der Waals surface area contributed by atoms with Gasteiger partial charge in [-0.1, -0.05) is 13.8 Å². The molecule has 14 heavy (non-hydrogen) atoms. The summed E-state index contributed by atoms with van der Waals surface area (Å²) in [5, 5.41) is 11.9. The van der Waals surface area contributed by atoms with Crippen LogP contribution in [-0.2, 0) is 4.79 Å². The quantitative estimate of drug-likeness (QED) is 0.701. The van der Waals surface area contributed by atoms with Gasteiger partial charge in [0.2, 0.25) is 5.91 Å². The molecule has 3 unspecified atom stereocenters. The molecule has 0 aliphatic heterocycles. The van der Waals surface area contributed by atoms with Crippen LogP contribution in [-0.4, -0.2) is 23.2 Å². The van der Waals surface area contributed by atoms with E-state index in [2.05, 4.69) is 12.2 Å². The van der Waals surface area contributed by atoms with E-state index in [1.165, 1.54) is 0 Å². The number of carbonyl (C=O) groups excluding carboxylic acids is 1. The fourth-order valence-electron chi connectivity index (χ4n) is 1.65. The molecule has 2 N–H and O–H groups in total. The monoisotopic (exact) mass is 199 g/mol. The van der Waals surface area contributed by atoms with Gasteiger partial charge in [-0.15, -0.1) is 0 Å². The van der Waals surface area contributed by atoms with Crippen molar-refractivity contribution in [2.75, 3.05) is 6.61 Å². The highest BCUT2D eigenvalue weighted by Gasteiger charge is 2.41. The lowest BCUT2D eigenvalue weighted by Crippen LogP contribution is -2.47. The first kappa shape index (κ1) is 11.5. The molecule has 1 fully saturated rings. The van der Waals surface area contributed by atoms with Gasteiger partial charge in [-0.05, 0) is 32.1 Å². The summed E-state index contributed by atoms with van der Waals surface area (Å²) in [7, 11) is 0. The van der Waals surface area contributed by atoms with Crippen LogP contribution in [0.1, 0.15) is 40.0 Å². The highest BCUT2D eigenvalue weighted by Crippen LogP contribution is 2.38. The summed E-state index contributed by atoms with van der Waals surface area (Å²) in [5.41, 5.74) is -0.228. The number of amides is 1. The van der Waals surface area contributed by atoms with Gasteiger partial charge in [0, 0.05) is 18.1 Å². The Morgan fingerprint density at radius 2 is 2.21 bits per heavy atom. The number of hydrogen-bond donors (Lipinski definition) is 2. The van der Waals surface area contributed by atoms with Crippen LogP contribution in [0.4, 0.5) is 0 Å². The molecule has 0 saturated heterocycles. The molecule has 3 nitrogen and oxygen atoms in total. The summed E-state index contributed by atoms with van der Waals surface area (Å²) in [6, 6.07) is 0. The molecule has 1 saturated carbocycles. The smallest absolute Gasteiger partial charge is 0.223 e. The van der Waals surface area contributed by atoms with E-state index in [0.717, 1.165) is 12.8 Å². The molecule has 0 radical (unpaired) electrons. The van der Waals surface area contributed by atoms with E-state index in [1.807, 2.05) is 13.8 Å². The maximum Gasteiger partial charge on any atom is 0.223 e. The first-order chi connectivity index (χ1) is 6.52. The molecule has 1 aliphatic carbocycles. The van der Waals surface area contributed by atoms with Gasteiger partial charge in [0.05, 0.1) is 0 Å². The summed E-state index contributed by atoms with van der Waals surface area (Å²) in [4.78, 5) is 11.7. The number of nitrogens with one attached hydrogen (secondary N) is 1. The molecule has 3 heteroatoms. The van der Waals surface area contributed by atoms with Crippen molar-refractivity contribution in [1.82, 2.24) is 5.32 Å². The maximum atomic E-state index is 11.7. The third-order valence-electron chi connectivity index (χ3n) is 3.32. The van der Waals surface area contributed by atoms with E-state index < -0.39 is 0 Å². The third kappa shape index (κ3) is 2.71. The van der Waals surface area contributed by atoms with Crippen molar-refractivity contribution in [2.24, 2.45) is 11.8 Å². The van der Waals surface area contributed by atoms with Gasteiger partial charge >= 0.3 is 0 Å². The second kappa shape index (κ2) is 4.30. The largest absolute Gasteiger partial charge is 0.396 e. The van der Waals surface area contributed by atoms with Crippen LogP contribution < -0.4 is 5.32 Å². The van der Waals surface area contributed by atoms with Crippen LogP contribution >= 0.6 is 0 Å². The zero-order valence-electron chi connectivity index (χ0n) is 9.34. The van der Waals surface area contributed by atoms with E-state index in [4.69, 9.17) is 5.11 Å². The first-order valence-electron chi connectivity index (χ1n) is 5.45. The molecule has 1 amide bonds. The summed E-state index contributed by atoms with van der Waals surface area (Å²) in [6.45, 7) is 6.25. The number of aliphatic hydroxyl groups excluding tert-OH is 1. The topological polar surface area (TPSA) is 49.3 Å². The van der Waals surface area contributed by atoms with Gasteiger partial charge < -0.3 is 10.4 Å². The second-order valence-electron chi connectivity index (χ2n) is 4.70. The van der Waals surface area contributed by atoms with Gasteiger partial charge in [-0.25, -0.2) is 0 Å². The predicted octanol–water partition coefficient (Wildman–Crippen LogP) is 1.31. The van der Waals surface area contributed by atoms with Crippen LogP contribution in [0.15, 0.2) is 0 Å². The Kier molecular flexibility index (Phi) is 3.53. The number of hydrogen-bond acceptors (Lipinski definition) is 2. The SMILES string of the molecule is CCC(C)(CCO)NC(=O)C1CC1C. The number of aliphatic hydroxyl groups is 1. The average molecular weight is 199 g/mol. The minimum absolute atomic E-state index is 0.130. The summed E-state index contributed by atoms with van der Waals surface area (Å²) in [6.07, 6.45) is 2.52. The number of carbonyl (C=O) groups is 1. The lowest BCUT2D eigenvalue weighted by atomic mass is 9.94. The van der Waals surface area contributed by atoms with Crippen molar-refractivity contribution in [3.05, 3.63) is 0 Å². The molecule has 0 spiro atoms. The Morgan fingerprint density at radius 3 is 2.57 bits per heavy atom. The molecule has 0 aromatic rings. The Morgan fingerprint density at radius 1 is 1.64 bits per heavy atom. The van der Waals surface area contributed by atoms with E-state index >= 15 is 0 Å². The molecule has 3 atom stereocenters. The van der Waals surface area contributed by atoms with Crippen LogP contribution in [0.2, 0.25) is 0 Å². The zero-order chi connectivity index (χ0) is 10.8. The lowest BCUT2D eigenvalue weighted by Gasteiger charge is -2.29. The average Bonchev–Trinajstić information content (AvgIpc) is 2.83. The van der Waals surface area contributed by atoms with Crippen LogP contribution in [0.3, 0.4) is 0 Å². The maximum absolute atomic E-state index is 11.7. The molecule has 0 bridgehead atoms. The third-order valence-corrected chi connectivity index (χ3v) is 3.32. The van der Waals surface area contributed by atoms with E-state index in [0.29, 0.717) is 12.3 Å². The predicted molar refractivity (Wildman–Crippen MR) is 55.8 cm³/mol. The Hall–Kier alpha value is -0.570. The Labute approximate surface area is 85.9 Å². The van der Waals surface area contributed by atoms with Crippen LogP contribution in [0.25, 0.3) is 0 Å². The summed E-state index contributed by atoms with van der Waals surface area (Å²) in [5.74, 6) is 0.931. The standard InChI is InChI=1S/C11H21NO2/c1-4-11(3,5-6-13)12-10(14)9-7-8(9)2/h8-9,13H,4-7H2,1-3H3,(H,12,14). The summed E-state index contributed by atoms with van der Waals surface area (Å²) < 4.78 is 0. The fraction of sp³-hybridized carbons (Fsp3) is 0.909. The van der Waals surface area contributed by atoms with Crippen molar-refractivity contribution in [3.63, 3.8) is 0 Å². The van der Waals surface area contributed by atoms with Crippen molar-refractivity contribution in [2.45, 2.75) is 45.6 Å². The highest BCUT2D eigenvalue weighted by atomic mass is 16.3. The number of rotatable bonds is 5. The normalized spacial score (nSPS) is 29.4. The van der Waals surface area contributed by atoms with E-state index in [-0.39, 0.29) is 24.0 Å². The minimum Gasteiger partial charge on any atom is -0.396 e. The molecule has 0 aromatic heterocycles. The Balaban J connectivity index is 2.43. The molecule has 0 heterocycles. The summed E-state index contributed by atoms with van der Waals surface area (Å²) >= 11 is 0. The molecule has 1 aliphatic rings. The van der Waals surface area contributed by atoms with Gasteiger partial charge in [0.1, 0.15) is 0 Å². The van der Waals surface area contributed by atoms with Crippen molar-refractivity contribution >= 4 is 5.91 Å². The molecular weight excluding hydrogens is 178 g/mol. The minimum atomic E-state index is -0.228. The molecule has 1 rings (SSSR count). The van der Waals surface area contributed by atoms with Crippen molar-refractivity contribution < 1.29 is 9.90 Å². The van der Waals surface area contributed by atoms with E-state index in [9.17, 15) is 4.79 Å². The van der Waals surface area contributed by atoms with Crippen molar-refractivity contribution in [3.8, 4) is 0 Å². The highest BCUT2D eigenvalue weighted by molar-refractivity contribution is 5.82. The van der Waals surface area contributed by atoms with Crippen LogP contribution in [0.5, 0.6) is 0 Å². The lowest BCUT2D eigenvalue weighted by molar-refractivity contribution is -0.124. The molecular formula is C11H21NO2. The Bertz CT molecular complexity index is 217. The van der Waals surface area contributed by atoms with Gasteiger partial charge in [-0.2, -0.15) is 0 Å². The zero-order valence-corrected chi connectivity index (χ0v) is 9.34. The van der Waals surface area contributed by atoms with Gasteiger partial charge in [-0.3, -0.25) is 4.79 Å². The van der Waals surface area contributed by atoms with E-state index in [1.54, 1.807) is 0 Å². The van der Waals surface area contributed by atoms with Crippen LogP contribution in [0, 0.1) is 11.8 Å². The van der Waals surface area contributed by atoms with Crippen molar-refractivity contribution in [1.29, 1.82) is 0 Å². The van der Waals surface area contributed by atoms with Gasteiger partial charge in [0.25, 0.3) is 0 Å². The van der Waals surface area contributed by atoms with Gasteiger partial charge in [0.15, 0.2) is 0 Å². The molecule has 82 valence electrons. The second-order valence-corrected chi connectivity index (χ2v) is 4.70.